The molecular formula is C12H16ClNO3. The largest absolute Gasteiger partial charge is 0.507 e. The van der Waals surface area contributed by atoms with E-state index in [9.17, 15) is 5.11 Å². The van der Waals surface area contributed by atoms with Crippen molar-refractivity contribution in [3.8, 4) is 17.2 Å². The molecule has 94 valence electrons. The zero-order chi connectivity index (χ0) is 12.6. The van der Waals surface area contributed by atoms with E-state index in [-0.39, 0.29) is 5.75 Å². The third-order valence-corrected chi connectivity index (χ3v) is 3.69. The molecule has 17 heavy (non-hydrogen) atoms. The van der Waals surface area contributed by atoms with Crippen molar-refractivity contribution >= 4 is 11.6 Å². The number of hydrogen-bond acceptors (Lipinski definition) is 4. The minimum Gasteiger partial charge on any atom is -0.507 e. The molecule has 0 amide bonds. The molecule has 1 aliphatic carbocycles. The molecule has 1 aliphatic rings. The van der Waals surface area contributed by atoms with Gasteiger partial charge in [0.05, 0.1) is 19.2 Å². The number of halogens is 1. The summed E-state index contributed by atoms with van der Waals surface area (Å²) in [5.41, 5.74) is 6.22. The molecule has 0 atom stereocenters. The van der Waals surface area contributed by atoms with Crippen LogP contribution < -0.4 is 15.2 Å². The van der Waals surface area contributed by atoms with Gasteiger partial charge in [-0.1, -0.05) is 11.6 Å². The van der Waals surface area contributed by atoms with Crippen molar-refractivity contribution < 1.29 is 14.6 Å². The smallest absolute Gasteiger partial charge is 0.180 e. The number of ether oxygens (including phenoxy) is 2. The van der Waals surface area contributed by atoms with Crippen molar-refractivity contribution in [3.05, 3.63) is 16.7 Å². The summed E-state index contributed by atoms with van der Waals surface area (Å²) in [5, 5.41) is 10.4. The number of aromatic hydroxyl groups is 1. The summed E-state index contributed by atoms with van der Waals surface area (Å²) >= 11 is 6.25. The van der Waals surface area contributed by atoms with Crippen molar-refractivity contribution in [2.75, 3.05) is 14.2 Å². The van der Waals surface area contributed by atoms with E-state index in [4.69, 9.17) is 26.8 Å². The van der Waals surface area contributed by atoms with Gasteiger partial charge in [0, 0.05) is 17.2 Å². The highest BCUT2D eigenvalue weighted by Crippen LogP contribution is 2.51. The molecule has 3 N–H and O–H groups in total. The number of hydrogen-bond donors (Lipinski definition) is 2. The zero-order valence-corrected chi connectivity index (χ0v) is 10.7. The van der Waals surface area contributed by atoms with E-state index in [1.807, 2.05) is 0 Å². The Morgan fingerprint density at radius 1 is 1.35 bits per heavy atom. The Balaban J connectivity index is 2.60. The lowest BCUT2D eigenvalue weighted by atomic mass is 9.72. The maximum atomic E-state index is 10.0. The topological polar surface area (TPSA) is 64.7 Å². The van der Waals surface area contributed by atoms with Crippen molar-refractivity contribution in [3.63, 3.8) is 0 Å². The second-order valence-electron chi connectivity index (χ2n) is 4.33. The van der Waals surface area contributed by atoms with E-state index in [1.165, 1.54) is 20.3 Å². The van der Waals surface area contributed by atoms with Crippen LogP contribution in [0.25, 0.3) is 0 Å². The summed E-state index contributed by atoms with van der Waals surface area (Å²) in [6.07, 6.45) is 2.67. The molecule has 2 rings (SSSR count). The summed E-state index contributed by atoms with van der Waals surface area (Å²) in [7, 11) is 3.00. The second-order valence-corrected chi connectivity index (χ2v) is 4.71. The lowest BCUT2D eigenvalue weighted by Crippen LogP contribution is -2.43. The average molecular weight is 258 g/mol. The minimum absolute atomic E-state index is 0.0647. The quantitative estimate of drug-likeness (QED) is 0.873. The molecule has 1 saturated carbocycles. The fourth-order valence-corrected chi connectivity index (χ4v) is 2.67. The first-order valence-electron chi connectivity index (χ1n) is 5.46. The highest BCUT2D eigenvalue weighted by Gasteiger charge is 2.40. The summed E-state index contributed by atoms with van der Waals surface area (Å²) < 4.78 is 10.3. The highest BCUT2D eigenvalue weighted by molar-refractivity contribution is 6.33. The van der Waals surface area contributed by atoms with E-state index in [0.717, 1.165) is 19.3 Å². The van der Waals surface area contributed by atoms with Gasteiger partial charge in [-0.05, 0) is 19.3 Å². The first kappa shape index (κ1) is 12.3. The van der Waals surface area contributed by atoms with Gasteiger partial charge < -0.3 is 20.3 Å². The third kappa shape index (κ3) is 1.81. The molecule has 0 spiro atoms. The van der Waals surface area contributed by atoms with Gasteiger partial charge in [0.15, 0.2) is 11.5 Å². The predicted molar refractivity (Wildman–Crippen MR) is 65.9 cm³/mol. The van der Waals surface area contributed by atoms with Crippen LogP contribution in [0.15, 0.2) is 6.07 Å². The standard InChI is InChI=1S/C12H16ClNO3/c1-16-8-6-7(15)9(10(13)11(8)17-2)12(14)4-3-5-12/h6,15H,3-5,14H2,1-2H3. The monoisotopic (exact) mass is 257 g/mol. The Hall–Kier alpha value is -1.13. The molecular weight excluding hydrogens is 242 g/mol. The third-order valence-electron chi connectivity index (χ3n) is 3.33. The van der Waals surface area contributed by atoms with Crippen LogP contribution in [0, 0.1) is 0 Å². The molecule has 0 heterocycles. The van der Waals surface area contributed by atoms with Gasteiger partial charge in [-0.2, -0.15) is 0 Å². The molecule has 1 aromatic rings. The Morgan fingerprint density at radius 2 is 2.00 bits per heavy atom. The number of rotatable bonds is 3. The van der Waals surface area contributed by atoms with Crippen molar-refractivity contribution in [2.45, 2.75) is 24.8 Å². The van der Waals surface area contributed by atoms with Crippen LogP contribution in [-0.4, -0.2) is 19.3 Å². The first-order valence-corrected chi connectivity index (χ1v) is 5.84. The number of benzene rings is 1. The van der Waals surface area contributed by atoms with Crippen molar-refractivity contribution in [1.82, 2.24) is 0 Å². The van der Waals surface area contributed by atoms with Gasteiger partial charge in [-0.25, -0.2) is 0 Å². The zero-order valence-electron chi connectivity index (χ0n) is 9.92. The van der Waals surface area contributed by atoms with E-state index >= 15 is 0 Å². The lowest BCUT2D eigenvalue weighted by molar-refractivity contribution is 0.243. The first-order chi connectivity index (χ1) is 8.03. The molecule has 0 aliphatic heterocycles. The van der Waals surface area contributed by atoms with Gasteiger partial charge in [0.1, 0.15) is 5.75 Å². The normalized spacial score (nSPS) is 17.4. The number of phenols is 1. The van der Waals surface area contributed by atoms with Crippen LogP contribution in [0.3, 0.4) is 0 Å². The van der Waals surface area contributed by atoms with Crippen LogP contribution in [0.1, 0.15) is 24.8 Å². The molecule has 5 heteroatoms. The lowest BCUT2D eigenvalue weighted by Gasteiger charge is -2.39. The molecule has 0 aromatic heterocycles. The van der Waals surface area contributed by atoms with Crippen LogP contribution >= 0.6 is 11.6 Å². The number of nitrogens with two attached hydrogens (primary N) is 1. The summed E-state index contributed by atoms with van der Waals surface area (Å²) in [5.74, 6) is 0.884. The van der Waals surface area contributed by atoms with Gasteiger partial charge in [0.25, 0.3) is 0 Å². The van der Waals surface area contributed by atoms with Crippen molar-refractivity contribution in [1.29, 1.82) is 0 Å². The van der Waals surface area contributed by atoms with Crippen LogP contribution in [0.5, 0.6) is 17.2 Å². The Bertz CT molecular complexity index is 444. The predicted octanol–water partition coefficient (Wildman–Crippen LogP) is 2.40. The SMILES string of the molecule is COc1cc(O)c(C2(N)CCC2)c(Cl)c1OC. The number of phenolic OH excluding ortho intramolecular Hbond substituents is 1. The Labute approximate surface area is 105 Å². The fourth-order valence-electron chi connectivity index (χ4n) is 2.22. The van der Waals surface area contributed by atoms with Gasteiger partial charge in [0.2, 0.25) is 0 Å². The van der Waals surface area contributed by atoms with Gasteiger partial charge in [-0.15, -0.1) is 0 Å². The van der Waals surface area contributed by atoms with Crippen LogP contribution in [0.4, 0.5) is 0 Å². The number of methoxy groups -OCH3 is 2. The highest BCUT2D eigenvalue weighted by atomic mass is 35.5. The molecule has 4 nitrogen and oxygen atoms in total. The maximum Gasteiger partial charge on any atom is 0.180 e. The molecule has 1 fully saturated rings. The van der Waals surface area contributed by atoms with Crippen molar-refractivity contribution in [2.24, 2.45) is 5.73 Å². The maximum absolute atomic E-state index is 10.0. The second kappa shape index (κ2) is 4.27. The molecule has 0 saturated heterocycles. The fraction of sp³-hybridized carbons (Fsp3) is 0.500. The molecule has 0 unspecified atom stereocenters. The van der Waals surface area contributed by atoms with E-state index < -0.39 is 5.54 Å². The minimum atomic E-state index is -0.541. The van der Waals surface area contributed by atoms with E-state index in [0.29, 0.717) is 22.1 Å². The Kier molecular flexibility index (Phi) is 3.10. The molecule has 0 bridgehead atoms. The van der Waals surface area contributed by atoms with E-state index in [1.54, 1.807) is 0 Å². The Morgan fingerprint density at radius 3 is 2.41 bits per heavy atom. The van der Waals surface area contributed by atoms with Gasteiger partial charge >= 0.3 is 0 Å². The van der Waals surface area contributed by atoms with Crippen LogP contribution in [0.2, 0.25) is 5.02 Å². The van der Waals surface area contributed by atoms with Gasteiger partial charge in [-0.3, -0.25) is 0 Å². The van der Waals surface area contributed by atoms with Crippen LogP contribution in [-0.2, 0) is 5.54 Å². The summed E-state index contributed by atoms with van der Waals surface area (Å²) in [4.78, 5) is 0. The molecule has 0 radical (unpaired) electrons. The average Bonchev–Trinajstić information content (AvgIpc) is 2.25. The summed E-state index contributed by atoms with van der Waals surface area (Å²) in [6.45, 7) is 0. The van der Waals surface area contributed by atoms with E-state index in [2.05, 4.69) is 0 Å². The molecule has 1 aromatic carbocycles. The summed E-state index contributed by atoms with van der Waals surface area (Å²) in [6, 6.07) is 1.49.